The van der Waals surface area contributed by atoms with Gasteiger partial charge in [0.15, 0.2) is 5.78 Å². The third-order valence-electron chi connectivity index (χ3n) is 9.15. The summed E-state index contributed by atoms with van der Waals surface area (Å²) in [6.45, 7) is 5.29. The Morgan fingerprint density at radius 3 is 2.70 bits per heavy atom. The van der Waals surface area contributed by atoms with Crippen molar-refractivity contribution in [2.75, 3.05) is 13.2 Å². The van der Waals surface area contributed by atoms with Gasteiger partial charge in [-0.15, -0.1) is 0 Å². The second kappa shape index (κ2) is 8.52. The lowest BCUT2D eigenvalue weighted by molar-refractivity contribution is -0.133. The van der Waals surface area contributed by atoms with Gasteiger partial charge < -0.3 is 15.1 Å². The summed E-state index contributed by atoms with van der Waals surface area (Å²) in [5.41, 5.74) is 5.24. The number of oxime groups is 1. The van der Waals surface area contributed by atoms with Gasteiger partial charge in [-0.2, -0.15) is 0 Å². The molecule has 2 N–H and O–H groups in total. The number of nitrogens with zero attached hydrogens (tertiary/aromatic N) is 1. The van der Waals surface area contributed by atoms with E-state index in [0.29, 0.717) is 31.5 Å². The van der Waals surface area contributed by atoms with Crippen molar-refractivity contribution in [3.05, 3.63) is 58.2 Å². The highest BCUT2D eigenvalue weighted by Gasteiger charge is 2.62. The van der Waals surface area contributed by atoms with Gasteiger partial charge in [-0.1, -0.05) is 41.9 Å². The minimum Gasteiger partial charge on any atom is -0.411 e. The molecule has 33 heavy (non-hydrogen) atoms. The average molecular weight is 450 g/mol. The Bertz CT molecular complexity index is 1020. The highest BCUT2D eigenvalue weighted by Crippen LogP contribution is 2.66. The third-order valence-corrected chi connectivity index (χ3v) is 9.15. The van der Waals surface area contributed by atoms with E-state index in [4.69, 9.17) is 9.94 Å². The SMILES string of the molecule is CCOC[C@]1(O)CC[C@H]2[C@@H]3CCC4=CC(=O)CCC4=C3[C@@H](c3ccc(C=NO)cc3)C[C@@]21C. The molecular weight excluding hydrogens is 414 g/mol. The topological polar surface area (TPSA) is 79.1 Å². The maximum atomic E-state index is 12.2. The van der Waals surface area contributed by atoms with Gasteiger partial charge in [0, 0.05) is 24.4 Å². The van der Waals surface area contributed by atoms with Crippen LogP contribution in [-0.2, 0) is 9.53 Å². The summed E-state index contributed by atoms with van der Waals surface area (Å²) < 4.78 is 5.81. The summed E-state index contributed by atoms with van der Waals surface area (Å²) in [4.78, 5) is 12.2. The lowest BCUT2D eigenvalue weighted by Crippen LogP contribution is -2.53. The molecule has 5 atom stereocenters. The van der Waals surface area contributed by atoms with Crippen LogP contribution in [0.5, 0.6) is 0 Å². The summed E-state index contributed by atoms with van der Waals surface area (Å²) in [5.74, 6) is 1.32. The fraction of sp³-hybridized carbons (Fsp3) is 0.571. The summed E-state index contributed by atoms with van der Waals surface area (Å²) in [5, 5.41) is 23.9. The molecule has 5 heteroatoms. The van der Waals surface area contributed by atoms with Crippen LogP contribution in [0.1, 0.15) is 75.8 Å². The molecule has 5 rings (SSSR count). The predicted molar refractivity (Wildman–Crippen MR) is 128 cm³/mol. The Hall–Kier alpha value is -2.24. The summed E-state index contributed by atoms with van der Waals surface area (Å²) in [7, 11) is 0. The van der Waals surface area contributed by atoms with Crippen LogP contribution in [-0.4, -0.2) is 41.1 Å². The number of fused-ring (bicyclic) bond motifs is 4. The first-order valence-corrected chi connectivity index (χ1v) is 12.4. The fourth-order valence-corrected chi connectivity index (χ4v) is 7.44. The molecule has 2 saturated carbocycles. The first kappa shape index (κ1) is 22.5. The Morgan fingerprint density at radius 1 is 1.18 bits per heavy atom. The van der Waals surface area contributed by atoms with Crippen LogP contribution in [0.4, 0.5) is 0 Å². The number of carbonyl (C=O) groups is 1. The van der Waals surface area contributed by atoms with E-state index in [0.717, 1.165) is 44.1 Å². The van der Waals surface area contributed by atoms with E-state index in [1.54, 1.807) is 0 Å². The van der Waals surface area contributed by atoms with Crippen molar-refractivity contribution in [3.63, 3.8) is 0 Å². The maximum Gasteiger partial charge on any atom is 0.156 e. The van der Waals surface area contributed by atoms with Gasteiger partial charge in [-0.3, -0.25) is 4.79 Å². The van der Waals surface area contributed by atoms with Crippen LogP contribution in [0.3, 0.4) is 0 Å². The summed E-state index contributed by atoms with van der Waals surface area (Å²) in [6, 6.07) is 8.26. The average Bonchev–Trinajstić information content (AvgIpc) is 3.08. The van der Waals surface area contributed by atoms with Gasteiger partial charge in [0.1, 0.15) is 0 Å². The molecule has 1 aromatic rings. The van der Waals surface area contributed by atoms with E-state index in [-0.39, 0.29) is 17.1 Å². The highest BCUT2D eigenvalue weighted by atomic mass is 16.5. The molecule has 0 unspecified atom stereocenters. The van der Waals surface area contributed by atoms with Crippen LogP contribution in [0.2, 0.25) is 0 Å². The van der Waals surface area contributed by atoms with Crippen molar-refractivity contribution in [3.8, 4) is 0 Å². The number of aliphatic hydroxyl groups is 1. The van der Waals surface area contributed by atoms with Crippen molar-refractivity contribution in [1.29, 1.82) is 0 Å². The summed E-state index contributed by atoms with van der Waals surface area (Å²) in [6.07, 6.45) is 9.49. The number of ketones is 1. The van der Waals surface area contributed by atoms with E-state index in [1.165, 1.54) is 28.5 Å². The van der Waals surface area contributed by atoms with E-state index >= 15 is 0 Å². The molecule has 5 nitrogen and oxygen atoms in total. The van der Waals surface area contributed by atoms with E-state index in [2.05, 4.69) is 24.2 Å². The molecular formula is C28H35NO4. The van der Waals surface area contributed by atoms with Crippen LogP contribution in [0, 0.1) is 17.3 Å². The first-order valence-electron chi connectivity index (χ1n) is 12.4. The second-order valence-corrected chi connectivity index (χ2v) is 10.6. The lowest BCUT2D eigenvalue weighted by atomic mass is 9.51. The molecule has 0 aliphatic heterocycles. The van der Waals surface area contributed by atoms with E-state index in [9.17, 15) is 9.90 Å². The van der Waals surface area contributed by atoms with Gasteiger partial charge in [-0.05, 0) is 85.6 Å². The molecule has 0 saturated heterocycles. The second-order valence-electron chi connectivity index (χ2n) is 10.6. The molecule has 0 heterocycles. The summed E-state index contributed by atoms with van der Waals surface area (Å²) >= 11 is 0. The Morgan fingerprint density at radius 2 is 1.97 bits per heavy atom. The number of benzene rings is 1. The molecule has 0 bridgehead atoms. The van der Waals surface area contributed by atoms with Crippen LogP contribution >= 0.6 is 0 Å². The minimum atomic E-state index is -0.815. The van der Waals surface area contributed by atoms with Crippen molar-refractivity contribution in [2.45, 2.75) is 70.3 Å². The first-order chi connectivity index (χ1) is 15.9. The Labute approximate surface area is 196 Å². The smallest absolute Gasteiger partial charge is 0.156 e. The molecule has 0 aromatic heterocycles. The molecule has 4 aliphatic rings. The number of hydrogen-bond donors (Lipinski definition) is 2. The lowest BCUT2D eigenvalue weighted by Gasteiger charge is -2.54. The molecule has 1 aromatic carbocycles. The van der Waals surface area contributed by atoms with Crippen LogP contribution in [0.15, 0.2) is 52.2 Å². The number of ether oxygens (including phenoxy) is 1. The van der Waals surface area contributed by atoms with Gasteiger partial charge in [0.05, 0.1) is 18.4 Å². The van der Waals surface area contributed by atoms with Gasteiger partial charge in [0.25, 0.3) is 0 Å². The van der Waals surface area contributed by atoms with Gasteiger partial charge >= 0.3 is 0 Å². The number of carbonyl (C=O) groups excluding carboxylic acids is 1. The van der Waals surface area contributed by atoms with Gasteiger partial charge in [-0.25, -0.2) is 0 Å². The van der Waals surface area contributed by atoms with Crippen molar-refractivity contribution in [1.82, 2.24) is 0 Å². The van der Waals surface area contributed by atoms with Crippen molar-refractivity contribution < 1.29 is 19.8 Å². The van der Waals surface area contributed by atoms with E-state index < -0.39 is 5.60 Å². The monoisotopic (exact) mass is 449 g/mol. The largest absolute Gasteiger partial charge is 0.411 e. The molecule has 0 amide bonds. The normalized spacial score (nSPS) is 35.9. The molecule has 0 radical (unpaired) electrons. The predicted octanol–water partition coefficient (Wildman–Crippen LogP) is 5.16. The zero-order chi connectivity index (χ0) is 23.2. The highest BCUT2D eigenvalue weighted by molar-refractivity contribution is 5.93. The minimum absolute atomic E-state index is 0.203. The zero-order valence-electron chi connectivity index (χ0n) is 19.7. The molecule has 2 fully saturated rings. The van der Waals surface area contributed by atoms with Gasteiger partial charge in [0.2, 0.25) is 0 Å². The number of hydrogen-bond acceptors (Lipinski definition) is 5. The molecule has 176 valence electrons. The van der Waals surface area contributed by atoms with Crippen LogP contribution in [0.25, 0.3) is 0 Å². The third kappa shape index (κ3) is 3.60. The standard InChI is InChI=1S/C28H35NO4/c1-3-33-17-28(31)13-12-25-23-10-8-20-14-21(30)9-11-22(20)26(23)24(15-27(25,28)2)19-6-4-18(5-7-19)16-29-32/h4-7,14,16,23-25,31-32H,3,8-13,15,17H2,1-2H3/t23-,24+,25-,27-,28+/m0/s1. The van der Waals surface area contributed by atoms with Crippen molar-refractivity contribution in [2.24, 2.45) is 22.4 Å². The maximum absolute atomic E-state index is 12.2. The zero-order valence-corrected chi connectivity index (χ0v) is 19.7. The van der Waals surface area contributed by atoms with Crippen molar-refractivity contribution >= 4 is 12.0 Å². The van der Waals surface area contributed by atoms with Crippen LogP contribution < -0.4 is 0 Å². The Balaban J connectivity index is 1.62. The number of rotatable bonds is 5. The molecule has 0 spiro atoms. The quantitative estimate of drug-likeness (QED) is 0.370. The number of allylic oxidation sites excluding steroid dienone is 4. The molecule has 4 aliphatic carbocycles. The Kier molecular flexibility index (Phi) is 5.82. The van der Waals surface area contributed by atoms with E-state index in [1.807, 2.05) is 25.1 Å². The fourth-order valence-electron chi connectivity index (χ4n) is 7.44.